The van der Waals surface area contributed by atoms with Gasteiger partial charge >= 0.3 is 0 Å². The Labute approximate surface area is 68.8 Å². The molecule has 0 saturated carbocycles. The van der Waals surface area contributed by atoms with E-state index in [2.05, 4.69) is 24.1 Å². The molecule has 0 aromatic heterocycles. The summed E-state index contributed by atoms with van der Waals surface area (Å²) in [7, 11) is 3.81. The van der Waals surface area contributed by atoms with E-state index in [9.17, 15) is 4.79 Å². The number of carbonyl (C=O) groups excluding carboxylic acids is 1. The molecule has 0 rings (SSSR count). The summed E-state index contributed by atoms with van der Waals surface area (Å²) in [5.74, 6) is 0. The van der Waals surface area contributed by atoms with Crippen LogP contribution in [0.15, 0.2) is 0 Å². The second-order valence-corrected chi connectivity index (χ2v) is 3.06. The van der Waals surface area contributed by atoms with Gasteiger partial charge in [-0.15, -0.1) is 0 Å². The van der Waals surface area contributed by atoms with Gasteiger partial charge in [-0.1, -0.05) is 0 Å². The molecular formula is C8H18N2O. The van der Waals surface area contributed by atoms with Crippen LogP contribution in [-0.2, 0) is 4.79 Å². The van der Waals surface area contributed by atoms with Crippen molar-refractivity contribution in [1.82, 2.24) is 10.2 Å². The summed E-state index contributed by atoms with van der Waals surface area (Å²) in [6.45, 7) is 4.99. The van der Waals surface area contributed by atoms with Gasteiger partial charge in [0.15, 0.2) is 0 Å². The summed E-state index contributed by atoms with van der Waals surface area (Å²) in [5, 5.41) is 2.93. The van der Waals surface area contributed by atoms with Crippen LogP contribution in [0.5, 0.6) is 0 Å². The molecule has 0 aliphatic rings. The van der Waals surface area contributed by atoms with Crippen LogP contribution in [0, 0.1) is 0 Å². The first-order valence-electron chi connectivity index (χ1n) is 3.94. The maximum atomic E-state index is 10.4. The van der Waals surface area contributed by atoms with Crippen molar-refractivity contribution in [2.24, 2.45) is 0 Å². The van der Waals surface area contributed by atoms with E-state index in [1.165, 1.54) is 0 Å². The van der Waals surface area contributed by atoms with Gasteiger partial charge in [-0.25, -0.2) is 0 Å². The maximum Gasteiger partial charge on any atom is 0.138 e. The van der Waals surface area contributed by atoms with Gasteiger partial charge in [0.1, 0.15) is 6.29 Å². The van der Waals surface area contributed by atoms with Gasteiger partial charge in [-0.05, 0) is 27.9 Å². The molecule has 0 aromatic rings. The SMILES string of the molecule is CN[C@H](C=O)CN(C)C(C)C. The zero-order valence-electron chi connectivity index (χ0n) is 7.79. The molecule has 1 atom stereocenters. The van der Waals surface area contributed by atoms with E-state index in [1.54, 1.807) is 7.05 Å². The van der Waals surface area contributed by atoms with Crippen LogP contribution in [0.3, 0.4) is 0 Å². The van der Waals surface area contributed by atoms with Crippen molar-refractivity contribution in [3.05, 3.63) is 0 Å². The lowest BCUT2D eigenvalue weighted by Crippen LogP contribution is -2.41. The van der Waals surface area contributed by atoms with E-state index in [0.717, 1.165) is 12.8 Å². The monoisotopic (exact) mass is 158 g/mol. The Balaban J connectivity index is 3.71. The highest BCUT2D eigenvalue weighted by Crippen LogP contribution is 1.93. The Hall–Kier alpha value is -0.410. The summed E-state index contributed by atoms with van der Waals surface area (Å²) < 4.78 is 0. The number of aldehydes is 1. The fourth-order valence-electron chi connectivity index (χ4n) is 0.723. The quantitative estimate of drug-likeness (QED) is 0.577. The Morgan fingerprint density at radius 1 is 1.55 bits per heavy atom. The molecule has 0 aliphatic carbocycles. The van der Waals surface area contributed by atoms with E-state index in [0.29, 0.717) is 6.04 Å². The molecule has 3 heteroatoms. The molecule has 0 aliphatic heterocycles. The van der Waals surface area contributed by atoms with Crippen molar-refractivity contribution in [2.75, 3.05) is 20.6 Å². The number of hydrogen-bond acceptors (Lipinski definition) is 3. The number of likely N-dealkylation sites (N-methyl/N-ethyl adjacent to an activating group) is 2. The molecule has 0 bridgehead atoms. The first-order chi connectivity index (χ1) is 5.11. The minimum absolute atomic E-state index is 0.0394. The molecular weight excluding hydrogens is 140 g/mol. The standard InChI is InChI=1S/C8H18N2O/c1-7(2)10(4)5-8(6-11)9-3/h6-9H,5H2,1-4H3/t8-/m0/s1. The normalized spacial score (nSPS) is 14.0. The van der Waals surface area contributed by atoms with Gasteiger partial charge in [-0.3, -0.25) is 0 Å². The first-order valence-corrected chi connectivity index (χ1v) is 3.94. The van der Waals surface area contributed by atoms with Crippen molar-refractivity contribution in [1.29, 1.82) is 0 Å². The van der Waals surface area contributed by atoms with Crippen LogP contribution >= 0.6 is 0 Å². The van der Waals surface area contributed by atoms with Crippen molar-refractivity contribution < 1.29 is 4.79 Å². The van der Waals surface area contributed by atoms with Crippen molar-refractivity contribution in [3.8, 4) is 0 Å². The molecule has 11 heavy (non-hydrogen) atoms. The van der Waals surface area contributed by atoms with Gasteiger partial charge < -0.3 is 15.0 Å². The van der Waals surface area contributed by atoms with E-state index in [4.69, 9.17) is 0 Å². The number of carbonyl (C=O) groups is 1. The van der Waals surface area contributed by atoms with Crippen LogP contribution in [0.1, 0.15) is 13.8 Å². The Morgan fingerprint density at radius 2 is 2.09 bits per heavy atom. The first kappa shape index (κ1) is 10.6. The number of nitrogens with one attached hydrogen (secondary N) is 1. The van der Waals surface area contributed by atoms with Gasteiger partial charge in [0.2, 0.25) is 0 Å². The van der Waals surface area contributed by atoms with Crippen LogP contribution in [-0.4, -0.2) is 43.9 Å². The van der Waals surface area contributed by atoms with Gasteiger partial charge in [0.25, 0.3) is 0 Å². The predicted molar refractivity (Wildman–Crippen MR) is 46.7 cm³/mol. The van der Waals surface area contributed by atoms with Crippen molar-refractivity contribution in [2.45, 2.75) is 25.9 Å². The van der Waals surface area contributed by atoms with Crippen LogP contribution in [0.25, 0.3) is 0 Å². The molecule has 0 heterocycles. The Kier molecular flexibility index (Phi) is 5.07. The third kappa shape index (κ3) is 4.11. The zero-order chi connectivity index (χ0) is 8.85. The van der Waals surface area contributed by atoms with Crippen LogP contribution < -0.4 is 5.32 Å². The fraction of sp³-hybridized carbons (Fsp3) is 0.875. The molecule has 0 fully saturated rings. The third-order valence-electron chi connectivity index (χ3n) is 1.90. The molecule has 0 aromatic carbocycles. The highest BCUT2D eigenvalue weighted by molar-refractivity contribution is 5.57. The highest BCUT2D eigenvalue weighted by Gasteiger charge is 2.09. The van der Waals surface area contributed by atoms with Crippen molar-refractivity contribution in [3.63, 3.8) is 0 Å². The minimum Gasteiger partial charge on any atom is -0.310 e. The summed E-state index contributed by atoms with van der Waals surface area (Å²) in [4.78, 5) is 12.5. The molecule has 1 N–H and O–H groups in total. The van der Waals surface area contributed by atoms with Gasteiger partial charge in [0.05, 0.1) is 6.04 Å². The second kappa shape index (κ2) is 5.27. The number of nitrogens with zero attached hydrogens (tertiary/aromatic N) is 1. The smallest absolute Gasteiger partial charge is 0.138 e. The lowest BCUT2D eigenvalue weighted by Gasteiger charge is -2.23. The molecule has 0 unspecified atom stereocenters. The minimum atomic E-state index is -0.0394. The summed E-state index contributed by atoms with van der Waals surface area (Å²) >= 11 is 0. The third-order valence-corrected chi connectivity index (χ3v) is 1.90. The largest absolute Gasteiger partial charge is 0.310 e. The van der Waals surface area contributed by atoms with Gasteiger partial charge in [0, 0.05) is 12.6 Å². The molecule has 66 valence electrons. The zero-order valence-corrected chi connectivity index (χ0v) is 7.79. The van der Waals surface area contributed by atoms with Crippen LogP contribution in [0.4, 0.5) is 0 Å². The van der Waals surface area contributed by atoms with E-state index >= 15 is 0 Å². The lowest BCUT2D eigenvalue weighted by molar-refractivity contribution is -0.109. The number of rotatable bonds is 5. The van der Waals surface area contributed by atoms with E-state index in [1.807, 2.05) is 7.05 Å². The fourth-order valence-corrected chi connectivity index (χ4v) is 0.723. The summed E-state index contributed by atoms with van der Waals surface area (Å²) in [5.41, 5.74) is 0. The molecule has 3 nitrogen and oxygen atoms in total. The molecule has 0 saturated heterocycles. The Morgan fingerprint density at radius 3 is 2.36 bits per heavy atom. The van der Waals surface area contributed by atoms with E-state index in [-0.39, 0.29) is 6.04 Å². The second-order valence-electron chi connectivity index (χ2n) is 3.06. The summed E-state index contributed by atoms with van der Waals surface area (Å²) in [6.07, 6.45) is 0.943. The van der Waals surface area contributed by atoms with Crippen molar-refractivity contribution >= 4 is 6.29 Å². The predicted octanol–water partition coefficient (Wildman–Crippen LogP) is 0.114. The van der Waals surface area contributed by atoms with Crippen LogP contribution in [0.2, 0.25) is 0 Å². The van der Waals surface area contributed by atoms with Gasteiger partial charge in [-0.2, -0.15) is 0 Å². The topological polar surface area (TPSA) is 32.3 Å². The highest BCUT2D eigenvalue weighted by atomic mass is 16.1. The van der Waals surface area contributed by atoms with E-state index < -0.39 is 0 Å². The number of hydrogen-bond donors (Lipinski definition) is 1. The maximum absolute atomic E-state index is 10.4. The average molecular weight is 158 g/mol. The average Bonchev–Trinajstić information content (AvgIpc) is 1.99. The molecule has 0 spiro atoms. The lowest BCUT2D eigenvalue weighted by atomic mass is 10.2. The molecule has 0 amide bonds. The molecule has 0 radical (unpaired) electrons. The Bertz CT molecular complexity index is 115. The summed E-state index contributed by atoms with van der Waals surface area (Å²) in [6, 6.07) is 0.452.